The molecule has 0 fully saturated rings. The van der Waals surface area contributed by atoms with E-state index in [0.29, 0.717) is 23.7 Å². The van der Waals surface area contributed by atoms with Crippen LogP contribution in [-0.2, 0) is 0 Å². The predicted molar refractivity (Wildman–Crippen MR) is 68.6 cm³/mol. The Morgan fingerprint density at radius 3 is 2.79 bits per heavy atom. The summed E-state index contributed by atoms with van der Waals surface area (Å²) >= 11 is 0. The zero-order chi connectivity index (χ0) is 13.8. The van der Waals surface area contributed by atoms with E-state index < -0.39 is 0 Å². The summed E-state index contributed by atoms with van der Waals surface area (Å²) in [6.07, 6.45) is 1.43. The van der Waals surface area contributed by atoms with E-state index in [0.717, 1.165) is 0 Å². The van der Waals surface area contributed by atoms with Crippen molar-refractivity contribution in [3.63, 3.8) is 0 Å². The molecule has 94 valence electrons. The lowest BCUT2D eigenvalue weighted by Gasteiger charge is -2.10. The molecule has 0 atom stereocenters. The zero-order valence-corrected chi connectivity index (χ0v) is 10.3. The maximum absolute atomic E-state index is 9.09. The lowest BCUT2D eigenvalue weighted by Crippen LogP contribution is -2.01. The van der Waals surface area contributed by atoms with Crippen LogP contribution in [0.25, 0.3) is 5.69 Å². The fourth-order valence-corrected chi connectivity index (χ4v) is 1.69. The molecular formula is C13H11N5O. The van der Waals surface area contributed by atoms with Crippen molar-refractivity contribution >= 4 is 5.69 Å². The van der Waals surface area contributed by atoms with Crippen molar-refractivity contribution in [3.8, 4) is 23.6 Å². The molecule has 1 aromatic heterocycles. The normalized spacial score (nSPS) is 9.63. The molecule has 0 saturated carbocycles. The Hall–Kier alpha value is -2.99. The fourth-order valence-electron chi connectivity index (χ4n) is 1.69. The first-order valence-corrected chi connectivity index (χ1v) is 5.61. The van der Waals surface area contributed by atoms with Gasteiger partial charge in [-0.1, -0.05) is 0 Å². The largest absolute Gasteiger partial charge is 0.492 e. The third kappa shape index (κ3) is 2.20. The van der Waals surface area contributed by atoms with E-state index in [1.165, 1.54) is 10.9 Å². The first-order chi connectivity index (χ1) is 9.21. The van der Waals surface area contributed by atoms with Crippen molar-refractivity contribution < 1.29 is 4.74 Å². The topological polar surface area (TPSA) is 101 Å². The number of ether oxygens (including phenoxy) is 1. The molecule has 0 saturated heterocycles. The van der Waals surface area contributed by atoms with Gasteiger partial charge in [0.2, 0.25) is 0 Å². The van der Waals surface area contributed by atoms with Crippen LogP contribution >= 0.6 is 0 Å². The van der Waals surface area contributed by atoms with Gasteiger partial charge in [0.25, 0.3) is 0 Å². The molecule has 6 heteroatoms. The van der Waals surface area contributed by atoms with Gasteiger partial charge in [0.1, 0.15) is 24.2 Å². The molecule has 2 rings (SSSR count). The highest BCUT2D eigenvalue weighted by atomic mass is 16.5. The van der Waals surface area contributed by atoms with Crippen LogP contribution in [0.3, 0.4) is 0 Å². The van der Waals surface area contributed by atoms with Gasteiger partial charge in [-0.25, -0.2) is 4.98 Å². The van der Waals surface area contributed by atoms with E-state index in [4.69, 9.17) is 21.0 Å². The SMILES string of the molecule is CCOc1cc(-n2cnc(C#N)c2C#N)ccc1N. The quantitative estimate of drug-likeness (QED) is 0.837. The number of hydrogen-bond donors (Lipinski definition) is 1. The first-order valence-electron chi connectivity index (χ1n) is 5.61. The van der Waals surface area contributed by atoms with Gasteiger partial charge in [-0.2, -0.15) is 10.5 Å². The summed E-state index contributed by atoms with van der Waals surface area (Å²) in [6.45, 7) is 2.35. The summed E-state index contributed by atoms with van der Waals surface area (Å²) in [5, 5.41) is 18.0. The van der Waals surface area contributed by atoms with E-state index in [9.17, 15) is 0 Å². The van der Waals surface area contributed by atoms with Gasteiger partial charge in [0, 0.05) is 6.07 Å². The van der Waals surface area contributed by atoms with Crippen molar-refractivity contribution in [2.24, 2.45) is 0 Å². The molecule has 0 aliphatic rings. The Morgan fingerprint density at radius 1 is 1.37 bits per heavy atom. The lowest BCUT2D eigenvalue weighted by molar-refractivity contribution is 0.342. The number of hydrogen-bond acceptors (Lipinski definition) is 5. The van der Waals surface area contributed by atoms with E-state index in [1.54, 1.807) is 18.2 Å². The number of aromatic nitrogens is 2. The van der Waals surface area contributed by atoms with Crippen LogP contribution in [-0.4, -0.2) is 16.2 Å². The van der Waals surface area contributed by atoms with E-state index in [2.05, 4.69) is 4.98 Å². The van der Waals surface area contributed by atoms with Crippen LogP contribution in [0.2, 0.25) is 0 Å². The second-order valence-corrected chi connectivity index (χ2v) is 3.69. The van der Waals surface area contributed by atoms with Crippen molar-refractivity contribution in [3.05, 3.63) is 35.9 Å². The average Bonchev–Trinajstić information content (AvgIpc) is 2.84. The molecular weight excluding hydrogens is 242 g/mol. The summed E-state index contributed by atoms with van der Waals surface area (Å²) in [4.78, 5) is 3.89. The monoisotopic (exact) mass is 253 g/mol. The van der Waals surface area contributed by atoms with Gasteiger partial charge < -0.3 is 10.5 Å². The summed E-state index contributed by atoms with van der Waals surface area (Å²) in [6, 6.07) is 8.98. The summed E-state index contributed by atoms with van der Waals surface area (Å²) in [7, 11) is 0. The number of nitrogens with two attached hydrogens (primary N) is 1. The van der Waals surface area contributed by atoms with Crippen molar-refractivity contribution in [2.45, 2.75) is 6.92 Å². The Morgan fingerprint density at radius 2 is 2.16 bits per heavy atom. The van der Waals surface area contributed by atoms with Gasteiger partial charge >= 0.3 is 0 Å². The van der Waals surface area contributed by atoms with Crippen LogP contribution in [0.15, 0.2) is 24.5 Å². The Balaban J connectivity index is 2.54. The highest BCUT2D eigenvalue weighted by Crippen LogP contribution is 2.25. The standard InChI is InChI=1S/C13H11N5O/c1-2-19-13-5-9(3-4-10(13)16)18-8-17-11(6-14)12(18)7-15/h3-5,8H,2,16H2,1H3. The van der Waals surface area contributed by atoms with Crippen LogP contribution in [0, 0.1) is 22.7 Å². The number of rotatable bonds is 3. The van der Waals surface area contributed by atoms with Crippen LogP contribution < -0.4 is 10.5 Å². The number of imidazole rings is 1. The molecule has 0 bridgehead atoms. The van der Waals surface area contributed by atoms with Gasteiger partial charge in [-0.15, -0.1) is 0 Å². The second kappa shape index (κ2) is 5.11. The van der Waals surface area contributed by atoms with Gasteiger partial charge in [0.05, 0.1) is 18.0 Å². The molecule has 0 aliphatic carbocycles. The molecule has 0 amide bonds. The number of benzene rings is 1. The molecule has 0 unspecified atom stereocenters. The Kier molecular flexibility index (Phi) is 3.35. The summed E-state index contributed by atoms with van der Waals surface area (Å²) < 4.78 is 6.93. The van der Waals surface area contributed by atoms with E-state index in [1.807, 2.05) is 19.1 Å². The minimum atomic E-state index is 0.0947. The smallest absolute Gasteiger partial charge is 0.177 e. The molecule has 1 aromatic carbocycles. The van der Waals surface area contributed by atoms with Gasteiger partial charge in [0.15, 0.2) is 11.4 Å². The minimum absolute atomic E-state index is 0.0947. The number of nitriles is 2. The maximum atomic E-state index is 9.09. The number of nitrogens with zero attached hydrogens (tertiary/aromatic N) is 4. The Bertz CT molecular complexity index is 690. The van der Waals surface area contributed by atoms with Crippen molar-refractivity contribution in [2.75, 3.05) is 12.3 Å². The first kappa shape index (κ1) is 12.5. The maximum Gasteiger partial charge on any atom is 0.177 e. The molecule has 19 heavy (non-hydrogen) atoms. The average molecular weight is 253 g/mol. The molecule has 2 N–H and O–H groups in total. The predicted octanol–water partition coefficient (Wildman–Crippen LogP) is 1.60. The van der Waals surface area contributed by atoms with Gasteiger partial charge in [-0.3, -0.25) is 4.57 Å². The number of anilines is 1. The fraction of sp³-hybridized carbons (Fsp3) is 0.154. The third-order valence-electron chi connectivity index (χ3n) is 2.55. The van der Waals surface area contributed by atoms with E-state index >= 15 is 0 Å². The molecule has 0 aliphatic heterocycles. The number of nitrogen functional groups attached to an aromatic ring is 1. The molecule has 0 radical (unpaired) electrons. The minimum Gasteiger partial charge on any atom is -0.492 e. The van der Waals surface area contributed by atoms with Gasteiger partial charge in [-0.05, 0) is 19.1 Å². The lowest BCUT2D eigenvalue weighted by atomic mass is 10.2. The Labute approximate surface area is 110 Å². The van der Waals surface area contributed by atoms with Crippen LogP contribution in [0.4, 0.5) is 5.69 Å². The van der Waals surface area contributed by atoms with Crippen molar-refractivity contribution in [1.82, 2.24) is 9.55 Å². The summed E-state index contributed by atoms with van der Waals surface area (Å²) in [5.41, 5.74) is 7.26. The molecule has 6 nitrogen and oxygen atoms in total. The second-order valence-electron chi connectivity index (χ2n) is 3.69. The third-order valence-corrected chi connectivity index (χ3v) is 2.55. The van der Waals surface area contributed by atoms with Crippen LogP contribution in [0.5, 0.6) is 5.75 Å². The van der Waals surface area contributed by atoms with Crippen molar-refractivity contribution in [1.29, 1.82) is 10.5 Å². The highest BCUT2D eigenvalue weighted by molar-refractivity contribution is 5.58. The highest BCUT2D eigenvalue weighted by Gasteiger charge is 2.12. The molecule has 0 spiro atoms. The molecule has 2 aromatic rings. The molecule has 1 heterocycles. The zero-order valence-electron chi connectivity index (χ0n) is 10.3. The summed E-state index contributed by atoms with van der Waals surface area (Å²) in [5.74, 6) is 0.538. The van der Waals surface area contributed by atoms with E-state index in [-0.39, 0.29) is 11.4 Å². The van der Waals surface area contributed by atoms with Crippen LogP contribution in [0.1, 0.15) is 18.3 Å².